The summed E-state index contributed by atoms with van der Waals surface area (Å²) >= 11 is 6.18. The summed E-state index contributed by atoms with van der Waals surface area (Å²) in [5.41, 5.74) is 2.02. The van der Waals surface area contributed by atoms with Crippen LogP contribution < -0.4 is 15.7 Å². The van der Waals surface area contributed by atoms with Crippen molar-refractivity contribution in [3.8, 4) is 5.75 Å². The standard InChI is InChI=1S/C21H20ClNO4/c1-13-15-10-17(22)19(26-2)12-18(15)27-21(25)16(13)11-20(24)23-9-8-14-6-4-3-5-7-14/h3-7,10,12H,8-9,11H2,1-2H3,(H,23,24). The number of nitrogens with one attached hydrogen (secondary N) is 1. The highest BCUT2D eigenvalue weighted by molar-refractivity contribution is 6.32. The van der Waals surface area contributed by atoms with Gasteiger partial charge in [-0.1, -0.05) is 41.9 Å². The van der Waals surface area contributed by atoms with E-state index in [1.165, 1.54) is 7.11 Å². The summed E-state index contributed by atoms with van der Waals surface area (Å²) in [6.07, 6.45) is 0.690. The van der Waals surface area contributed by atoms with Gasteiger partial charge in [0.05, 0.1) is 24.1 Å². The molecule has 0 atom stereocenters. The molecule has 0 saturated carbocycles. The molecule has 0 aliphatic heterocycles. The highest BCUT2D eigenvalue weighted by atomic mass is 35.5. The Morgan fingerprint density at radius 2 is 1.96 bits per heavy atom. The first-order valence-corrected chi connectivity index (χ1v) is 8.98. The number of aryl methyl sites for hydroxylation is 1. The first kappa shape index (κ1) is 19.0. The van der Waals surface area contributed by atoms with Gasteiger partial charge >= 0.3 is 5.63 Å². The van der Waals surface area contributed by atoms with Crippen LogP contribution >= 0.6 is 11.6 Å². The van der Waals surface area contributed by atoms with Gasteiger partial charge in [0, 0.05) is 18.0 Å². The van der Waals surface area contributed by atoms with Gasteiger partial charge in [0.2, 0.25) is 5.91 Å². The van der Waals surface area contributed by atoms with Crippen LogP contribution in [0.1, 0.15) is 16.7 Å². The lowest BCUT2D eigenvalue weighted by Crippen LogP contribution is -2.29. The third-order valence-electron chi connectivity index (χ3n) is 4.48. The maximum atomic E-state index is 12.3. The lowest BCUT2D eigenvalue weighted by atomic mass is 10.0. The van der Waals surface area contributed by atoms with E-state index in [4.69, 9.17) is 20.8 Å². The van der Waals surface area contributed by atoms with E-state index in [-0.39, 0.29) is 12.3 Å². The second kappa shape index (κ2) is 8.27. The number of carbonyl (C=O) groups excluding carboxylic acids is 1. The van der Waals surface area contributed by atoms with Crippen molar-refractivity contribution in [2.75, 3.05) is 13.7 Å². The zero-order valence-electron chi connectivity index (χ0n) is 15.2. The van der Waals surface area contributed by atoms with Gasteiger partial charge in [-0.2, -0.15) is 0 Å². The zero-order valence-corrected chi connectivity index (χ0v) is 15.9. The number of carbonyl (C=O) groups is 1. The largest absolute Gasteiger partial charge is 0.495 e. The quantitative estimate of drug-likeness (QED) is 0.657. The molecular weight excluding hydrogens is 366 g/mol. The Bertz CT molecular complexity index is 1030. The van der Waals surface area contributed by atoms with Crippen LogP contribution in [0.15, 0.2) is 51.7 Å². The van der Waals surface area contributed by atoms with Crippen LogP contribution in [0.2, 0.25) is 5.02 Å². The number of methoxy groups -OCH3 is 1. The van der Waals surface area contributed by atoms with Crippen LogP contribution in [0, 0.1) is 6.92 Å². The van der Waals surface area contributed by atoms with Crippen LogP contribution in [0.5, 0.6) is 5.75 Å². The summed E-state index contributed by atoms with van der Waals surface area (Å²) in [4.78, 5) is 24.6. The topological polar surface area (TPSA) is 68.5 Å². The normalized spacial score (nSPS) is 10.8. The van der Waals surface area contributed by atoms with E-state index in [1.807, 2.05) is 30.3 Å². The molecule has 0 spiro atoms. The number of ether oxygens (including phenoxy) is 1. The molecule has 0 aliphatic rings. The van der Waals surface area contributed by atoms with Crippen molar-refractivity contribution in [2.24, 2.45) is 0 Å². The molecule has 0 saturated heterocycles. The number of fused-ring (bicyclic) bond motifs is 1. The molecule has 6 heteroatoms. The Morgan fingerprint density at radius 1 is 1.22 bits per heavy atom. The van der Waals surface area contributed by atoms with Crippen molar-refractivity contribution in [1.82, 2.24) is 5.32 Å². The summed E-state index contributed by atoms with van der Waals surface area (Å²) < 4.78 is 10.5. The van der Waals surface area contributed by atoms with Gasteiger partial charge in [-0.15, -0.1) is 0 Å². The van der Waals surface area contributed by atoms with Gasteiger partial charge in [-0.25, -0.2) is 4.79 Å². The Morgan fingerprint density at radius 3 is 2.67 bits per heavy atom. The first-order chi connectivity index (χ1) is 13.0. The van der Waals surface area contributed by atoms with Crippen LogP contribution in [0.4, 0.5) is 0 Å². The van der Waals surface area contributed by atoms with Gasteiger partial charge in [0.25, 0.3) is 0 Å². The first-order valence-electron chi connectivity index (χ1n) is 8.60. The van der Waals surface area contributed by atoms with Gasteiger partial charge in [-0.05, 0) is 30.5 Å². The van der Waals surface area contributed by atoms with E-state index in [2.05, 4.69) is 5.32 Å². The Kier molecular flexibility index (Phi) is 5.81. The molecule has 0 unspecified atom stereocenters. The van der Waals surface area contributed by atoms with Gasteiger partial charge in [0.1, 0.15) is 11.3 Å². The molecule has 1 heterocycles. The van der Waals surface area contributed by atoms with E-state index in [0.717, 1.165) is 12.0 Å². The molecule has 0 fully saturated rings. The van der Waals surface area contributed by atoms with Crippen molar-refractivity contribution in [2.45, 2.75) is 19.8 Å². The number of halogens is 1. The molecule has 0 radical (unpaired) electrons. The van der Waals surface area contributed by atoms with Gasteiger partial charge < -0.3 is 14.5 Å². The van der Waals surface area contributed by atoms with Gasteiger partial charge in [0.15, 0.2) is 0 Å². The molecule has 1 aromatic heterocycles. The Balaban J connectivity index is 1.76. The fourth-order valence-electron chi connectivity index (χ4n) is 2.96. The second-order valence-corrected chi connectivity index (χ2v) is 6.65. The number of hydrogen-bond acceptors (Lipinski definition) is 4. The molecule has 27 heavy (non-hydrogen) atoms. The monoisotopic (exact) mass is 385 g/mol. The fourth-order valence-corrected chi connectivity index (χ4v) is 3.21. The maximum absolute atomic E-state index is 12.3. The van der Waals surface area contributed by atoms with Crippen LogP contribution in [0.3, 0.4) is 0 Å². The SMILES string of the molecule is COc1cc2oc(=O)c(CC(=O)NCCc3ccccc3)c(C)c2cc1Cl. The lowest BCUT2D eigenvalue weighted by molar-refractivity contribution is -0.120. The zero-order chi connectivity index (χ0) is 19.4. The third kappa shape index (κ3) is 4.31. The minimum atomic E-state index is -0.525. The number of amides is 1. The van der Waals surface area contributed by atoms with E-state index >= 15 is 0 Å². The molecule has 2 aromatic carbocycles. The highest BCUT2D eigenvalue weighted by Gasteiger charge is 2.16. The molecule has 0 aliphatic carbocycles. The molecule has 140 valence electrons. The maximum Gasteiger partial charge on any atom is 0.340 e. The van der Waals surface area contributed by atoms with Crippen molar-refractivity contribution in [3.05, 3.63) is 74.6 Å². The van der Waals surface area contributed by atoms with E-state index in [9.17, 15) is 9.59 Å². The van der Waals surface area contributed by atoms with Crippen LogP contribution in [0.25, 0.3) is 11.0 Å². The summed E-state index contributed by atoms with van der Waals surface area (Å²) in [5.74, 6) is 0.207. The second-order valence-electron chi connectivity index (χ2n) is 6.24. The van der Waals surface area contributed by atoms with E-state index in [1.54, 1.807) is 19.1 Å². The summed E-state index contributed by atoms with van der Waals surface area (Å²) in [5, 5.41) is 3.95. The van der Waals surface area contributed by atoms with Crippen molar-refractivity contribution < 1.29 is 13.9 Å². The van der Waals surface area contributed by atoms with Crippen molar-refractivity contribution >= 4 is 28.5 Å². The predicted octanol–water partition coefficient (Wildman–Crippen LogP) is 3.66. The molecule has 0 bridgehead atoms. The van der Waals surface area contributed by atoms with E-state index in [0.29, 0.717) is 39.4 Å². The Hall–Kier alpha value is -2.79. The smallest absolute Gasteiger partial charge is 0.340 e. The van der Waals surface area contributed by atoms with Crippen molar-refractivity contribution in [3.63, 3.8) is 0 Å². The Labute approximate surface area is 161 Å². The average Bonchev–Trinajstić information content (AvgIpc) is 2.66. The molecule has 1 amide bonds. The fraction of sp³-hybridized carbons (Fsp3) is 0.238. The molecule has 3 aromatic rings. The van der Waals surface area contributed by atoms with Crippen LogP contribution in [-0.4, -0.2) is 19.6 Å². The van der Waals surface area contributed by atoms with Crippen LogP contribution in [-0.2, 0) is 17.6 Å². The van der Waals surface area contributed by atoms with Crippen molar-refractivity contribution in [1.29, 1.82) is 0 Å². The summed E-state index contributed by atoms with van der Waals surface area (Å²) in [6, 6.07) is 13.1. The molecule has 1 N–H and O–H groups in total. The lowest BCUT2D eigenvalue weighted by Gasteiger charge is -2.10. The number of rotatable bonds is 6. The van der Waals surface area contributed by atoms with E-state index < -0.39 is 5.63 Å². The average molecular weight is 386 g/mol. The highest BCUT2D eigenvalue weighted by Crippen LogP contribution is 2.31. The third-order valence-corrected chi connectivity index (χ3v) is 4.77. The molecular formula is C21H20ClNO4. The molecule has 3 rings (SSSR count). The minimum Gasteiger partial charge on any atom is -0.495 e. The predicted molar refractivity (Wildman–Crippen MR) is 106 cm³/mol. The minimum absolute atomic E-state index is 0.0391. The number of benzene rings is 2. The number of hydrogen-bond donors (Lipinski definition) is 1. The van der Waals surface area contributed by atoms with Gasteiger partial charge in [-0.3, -0.25) is 4.79 Å². The summed E-state index contributed by atoms with van der Waals surface area (Å²) in [6.45, 7) is 2.29. The summed E-state index contributed by atoms with van der Waals surface area (Å²) in [7, 11) is 1.49. The molecule has 5 nitrogen and oxygen atoms in total.